The predicted molar refractivity (Wildman–Crippen MR) is 133 cm³/mol. The molecule has 1 aromatic carbocycles. The molecule has 1 N–H and O–H groups in total. The molecule has 8 heteroatoms. The van der Waals surface area contributed by atoms with Crippen LogP contribution in [-0.4, -0.2) is 31.1 Å². The van der Waals surface area contributed by atoms with Crippen molar-refractivity contribution in [3.05, 3.63) is 63.5 Å². The maximum atomic E-state index is 12.9. The smallest absolute Gasteiger partial charge is 0.272 e. The van der Waals surface area contributed by atoms with Crippen molar-refractivity contribution >= 4 is 33.2 Å². The summed E-state index contributed by atoms with van der Waals surface area (Å²) in [7, 11) is 0. The van der Waals surface area contributed by atoms with Gasteiger partial charge in [0.1, 0.15) is 10.5 Å². The van der Waals surface area contributed by atoms with Gasteiger partial charge in [0.05, 0.1) is 5.52 Å². The van der Waals surface area contributed by atoms with E-state index in [0.717, 1.165) is 24.2 Å². The predicted octanol–water partition coefficient (Wildman–Crippen LogP) is 4.22. The molecule has 4 rings (SSSR count). The summed E-state index contributed by atoms with van der Waals surface area (Å²) < 4.78 is 4.42. The van der Waals surface area contributed by atoms with E-state index >= 15 is 0 Å². The highest BCUT2D eigenvalue weighted by Gasteiger charge is 2.18. The number of thiophene rings is 1. The molecule has 7 nitrogen and oxygen atoms in total. The van der Waals surface area contributed by atoms with Gasteiger partial charge < -0.3 is 5.32 Å². The van der Waals surface area contributed by atoms with Gasteiger partial charge in [-0.2, -0.15) is 0 Å². The van der Waals surface area contributed by atoms with E-state index in [1.54, 1.807) is 4.57 Å². The van der Waals surface area contributed by atoms with Gasteiger partial charge in [0.15, 0.2) is 0 Å². The number of fused-ring (bicyclic) bond motifs is 3. The molecule has 0 aliphatic heterocycles. The Kier molecular flexibility index (Phi) is 7.23. The highest BCUT2D eigenvalue weighted by Crippen LogP contribution is 2.21. The number of amides is 1. The van der Waals surface area contributed by atoms with Crippen molar-refractivity contribution in [1.29, 1.82) is 0 Å². The molecule has 33 heavy (non-hydrogen) atoms. The number of rotatable bonds is 10. The minimum Gasteiger partial charge on any atom is -0.354 e. The fourth-order valence-corrected chi connectivity index (χ4v) is 4.95. The fraction of sp³-hybridized carbons (Fsp3) is 0.440. The first-order chi connectivity index (χ1) is 15.9. The monoisotopic (exact) mass is 465 g/mol. The molecule has 0 spiro atoms. The molecule has 174 valence electrons. The summed E-state index contributed by atoms with van der Waals surface area (Å²) in [6.45, 7) is 6.81. The van der Waals surface area contributed by atoms with Gasteiger partial charge in [-0.15, -0.1) is 21.5 Å². The second-order valence-corrected chi connectivity index (χ2v) is 9.96. The van der Waals surface area contributed by atoms with Gasteiger partial charge in [-0.1, -0.05) is 44.2 Å². The van der Waals surface area contributed by atoms with Crippen molar-refractivity contribution in [2.24, 2.45) is 5.92 Å². The van der Waals surface area contributed by atoms with Crippen LogP contribution in [-0.2, 0) is 24.2 Å². The SMILES string of the molecule is CC(C)Cn1c(=O)c2sccc2n2c(CCCC(=O)NC(C)CCc3ccccc3)nnc12. The van der Waals surface area contributed by atoms with Gasteiger partial charge in [-0.3, -0.25) is 18.6 Å². The molecular weight excluding hydrogens is 434 g/mol. The third kappa shape index (κ3) is 5.33. The molecule has 1 amide bonds. The zero-order valence-electron chi connectivity index (χ0n) is 19.5. The zero-order valence-corrected chi connectivity index (χ0v) is 20.3. The molecule has 0 saturated carbocycles. The van der Waals surface area contributed by atoms with E-state index in [1.165, 1.54) is 16.9 Å². The van der Waals surface area contributed by atoms with Gasteiger partial charge in [0.2, 0.25) is 11.7 Å². The van der Waals surface area contributed by atoms with Gasteiger partial charge >= 0.3 is 0 Å². The van der Waals surface area contributed by atoms with Crippen molar-refractivity contribution < 1.29 is 4.79 Å². The van der Waals surface area contributed by atoms with Crippen molar-refractivity contribution in [2.45, 2.75) is 65.5 Å². The normalized spacial score (nSPS) is 12.6. The summed E-state index contributed by atoms with van der Waals surface area (Å²) >= 11 is 1.45. The largest absolute Gasteiger partial charge is 0.354 e. The molecule has 0 aliphatic rings. The highest BCUT2D eigenvalue weighted by atomic mass is 32.1. The van der Waals surface area contributed by atoms with E-state index in [9.17, 15) is 9.59 Å². The van der Waals surface area contributed by atoms with E-state index < -0.39 is 0 Å². The number of hydrogen-bond donors (Lipinski definition) is 1. The first-order valence-corrected chi connectivity index (χ1v) is 12.5. The van der Waals surface area contributed by atoms with Crippen LogP contribution in [0.1, 0.15) is 51.4 Å². The van der Waals surface area contributed by atoms with Crippen LogP contribution in [0.2, 0.25) is 0 Å². The van der Waals surface area contributed by atoms with Gasteiger partial charge in [-0.05, 0) is 49.1 Å². The fourth-order valence-electron chi connectivity index (χ4n) is 4.13. The Morgan fingerprint density at radius 1 is 1.09 bits per heavy atom. The Morgan fingerprint density at radius 2 is 1.88 bits per heavy atom. The van der Waals surface area contributed by atoms with Crippen LogP contribution in [0.3, 0.4) is 0 Å². The molecular formula is C25H31N5O2S. The van der Waals surface area contributed by atoms with Gasteiger partial charge in [0, 0.05) is 25.4 Å². The van der Waals surface area contributed by atoms with Crippen molar-refractivity contribution in [3.63, 3.8) is 0 Å². The minimum absolute atomic E-state index is 0.0102. The highest BCUT2D eigenvalue weighted by molar-refractivity contribution is 7.17. The quantitative estimate of drug-likeness (QED) is 0.380. The lowest BCUT2D eigenvalue weighted by molar-refractivity contribution is -0.121. The van der Waals surface area contributed by atoms with Crippen LogP contribution in [0.15, 0.2) is 46.6 Å². The summed E-state index contributed by atoms with van der Waals surface area (Å²) in [5.74, 6) is 1.74. The van der Waals surface area contributed by atoms with Crippen LogP contribution in [0.25, 0.3) is 16.0 Å². The average Bonchev–Trinajstić information content (AvgIpc) is 3.43. The molecule has 1 atom stereocenters. The third-order valence-corrected chi connectivity index (χ3v) is 6.64. The number of nitrogens with one attached hydrogen (secondary N) is 1. The molecule has 0 aliphatic carbocycles. The lowest BCUT2D eigenvalue weighted by Crippen LogP contribution is -2.32. The second-order valence-electron chi connectivity index (χ2n) is 9.04. The van der Waals surface area contributed by atoms with E-state index in [-0.39, 0.29) is 17.5 Å². The molecule has 1 unspecified atom stereocenters. The Balaban J connectivity index is 1.39. The van der Waals surface area contributed by atoms with Crippen molar-refractivity contribution in [2.75, 3.05) is 0 Å². The molecule has 0 bridgehead atoms. The third-order valence-electron chi connectivity index (χ3n) is 5.75. The number of aryl methyl sites for hydroxylation is 2. The molecule has 0 saturated heterocycles. The number of nitrogens with zero attached hydrogens (tertiary/aromatic N) is 4. The van der Waals surface area contributed by atoms with Crippen molar-refractivity contribution in [1.82, 2.24) is 24.5 Å². The molecule has 0 fully saturated rings. The summed E-state index contributed by atoms with van der Waals surface area (Å²) in [6, 6.07) is 12.4. The van der Waals surface area contributed by atoms with E-state index in [4.69, 9.17) is 0 Å². The summed E-state index contributed by atoms with van der Waals surface area (Å²) in [5.41, 5.74) is 2.12. The lowest BCUT2D eigenvalue weighted by atomic mass is 10.1. The van der Waals surface area contributed by atoms with Crippen molar-refractivity contribution in [3.8, 4) is 0 Å². The summed E-state index contributed by atoms with van der Waals surface area (Å²) in [6.07, 6.45) is 3.59. The Morgan fingerprint density at radius 3 is 2.64 bits per heavy atom. The molecule has 0 radical (unpaired) electrons. The second kappa shape index (κ2) is 10.3. The Bertz CT molecular complexity index is 1290. The van der Waals surface area contributed by atoms with Crippen LogP contribution < -0.4 is 10.9 Å². The van der Waals surface area contributed by atoms with Crippen LogP contribution >= 0.6 is 11.3 Å². The Hall–Kier alpha value is -3.00. The summed E-state index contributed by atoms with van der Waals surface area (Å²) in [5, 5.41) is 13.8. The first-order valence-electron chi connectivity index (χ1n) is 11.6. The lowest BCUT2D eigenvalue weighted by Gasteiger charge is -2.14. The average molecular weight is 466 g/mol. The van der Waals surface area contributed by atoms with Crippen LogP contribution in [0.5, 0.6) is 0 Å². The topological polar surface area (TPSA) is 81.3 Å². The Labute approximate surface area is 197 Å². The number of benzene rings is 1. The van der Waals surface area contributed by atoms with Gasteiger partial charge in [0.25, 0.3) is 5.56 Å². The molecule has 4 aromatic rings. The maximum absolute atomic E-state index is 12.9. The van der Waals surface area contributed by atoms with E-state index in [2.05, 4.69) is 41.5 Å². The number of aromatic nitrogens is 4. The first kappa shape index (κ1) is 23.2. The van der Waals surface area contributed by atoms with E-state index in [0.29, 0.717) is 42.2 Å². The van der Waals surface area contributed by atoms with E-state index in [1.807, 2.05) is 41.0 Å². The number of carbonyl (C=O) groups excluding carboxylic acids is 1. The van der Waals surface area contributed by atoms with Crippen LogP contribution in [0, 0.1) is 5.92 Å². The minimum atomic E-state index is -0.0102. The van der Waals surface area contributed by atoms with Gasteiger partial charge in [-0.25, -0.2) is 0 Å². The molecule has 3 heterocycles. The standard InChI is InChI=1S/C25H31N5O2S/c1-17(2)16-29-24(32)23-20(14-15-33-23)30-21(27-28-25(29)30)10-7-11-22(31)26-18(3)12-13-19-8-5-4-6-9-19/h4-6,8-9,14-15,17-18H,7,10-13,16H2,1-3H3,(H,26,31). The maximum Gasteiger partial charge on any atom is 0.272 e. The number of hydrogen-bond acceptors (Lipinski definition) is 5. The number of carbonyl (C=O) groups is 1. The summed E-state index contributed by atoms with van der Waals surface area (Å²) in [4.78, 5) is 25.4. The van der Waals surface area contributed by atoms with Crippen LogP contribution in [0.4, 0.5) is 0 Å². The zero-order chi connectivity index (χ0) is 23.4. The molecule has 3 aromatic heterocycles.